The third kappa shape index (κ3) is 3.68. The van der Waals surface area contributed by atoms with Crippen LogP contribution in [-0.4, -0.2) is 36.6 Å². The van der Waals surface area contributed by atoms with E-state index in [1.54, 1.807) is 0 Å². The van der Waals surface area contributed by atoms with Crippen molar-refractivity contribution in [3.8, 4) is 0 Å². The molecule has 1 aliphatic heterocycles. The molecule has 2 aromatic rings. The molecule has 0 saturated carbocycles. The topological polar surface area (TPSA) is 29.5 Å². The Morgan fingerprint density at radius 3 is 2.08 bits per heavy atom. The number of benzene rings is 2. The van der Waals surface area contributed by atoms with Gasteiger partial charge in [0.1, 0.15) is 6.10 Å². The summed E-state index contributed by atoms with van der Waals surface area (Å²) in [6.45, 7) is 2.53. The van der Waals surface area contributed by atoms with Crippen molar-refractivity contribution in [3.05, 3.63) is 71.8 Å². The van der Waals surface area contributed by atoms with Gasteiger partial charge in [-0.05, 0) is 37.6 Å². The second kappa shape index (κ2) is 7.63. The van der Waals surface area contributed by atoms with Crippen LogP contribution < -0.4 is 0 Å². The summed E-state index contributed by atoms with van der Waals surface area (Å²) in [6, 6.07) is 21.2. The number of carbonyl (C=O) groups excluding carboxylic acids is 1. The van der Waals surface area contributed by atoms with Crippen molar-refractivity contribution >= 4 is 5.97 Å². The normalized spacial score (nSPS) is 21.6. The van der Waals surface area contributed by atoms with Gasteiger partial charge in [0.05, 0.1) is 6.04 Å². The number of hydrogen-bond acceptors (Lipinski definition) is 3. The van der Waals surface area contributed by atoms with Crippen LogP contribution in [-0.2, 0) is 9.53 Å². The first kappa shape index (κ1) is 16.7. The van der Waals surface area contributed by atoms with Gasteiger partial charge in [0.25, 0.3) is 0 Å². The third-order valence-electron chi connectivity index (χ3n) is 4.87. The van der Waals surface area contributed by atoms with Gasteiger partial charge in [-0.2, -0.15) is 0 Å². The standard InChI is InChI=1S/C21H25NO2/c1-16(23)24-19-14-9-15-22(2)21(19)20(17-10-5-3-6-11-17)18-12-7-4-8-13-18/h3-8,10-13,19-21H,9,14-15H2,1-2H3. The van der Waals surface area contributed by atoms with Crippen LogP contribution in [0.2, 0.25) is 0 Å². The minimum Gasteiger partial charge on any atom is -0.461 e. The fourth-order valence-corrected chi connectivity index (χ4v) is 3.86. The van der Waals surface area contributed by atoms with Gasteiger partial charge in [0.15, 0.2) is 0 Å². The lowest BCUT2D eigenvalue weighted by Gasteiger charge is -2.43. The predicted octanol–water partition coefficient (Wildman–Crippen LogP) is 3.84. The lowest BCUT2D eigenvalue weighted by Crippen LogP contribution is -2.51. The quantitative estimate of drug-likeness (QED) is 0.801. The molecule has 0 spiro atoms. The van der Waals surface area contributed by atoms with E-state index in [0.717, 1.165) is 19.4 Å². The third-order valence-corrected chi connectivity index (χ3v) is 4.87. The Bertz CT molecular complexity index is 617. The summed E-state index contributed by atoms with van der Waals surface area (Å²) in [5.74, 6) is -0.0118. The molecule has 1 fully saturated rings. The van der Waals surface area contributed by atoms with Crippen molar-refractivity contribution in [2.75, 3.05) is 13.6 Å². The van der Waals surface area contributed by atoms with Crippen molar-refractivity contribution in [1.82, 2.24) is 4.90 Å². The molecule has 24 heavy (non-hydrogen) atoms. The average molecular weight is 323 g/mol. The monoisotopic (exact) mass is 323 g/mol. The molecule has 0 radical (unpaired) electrons. The van der Waals surface area contributed by atoms with E-state index >= 15 is 0 Å². The number of carbonyl (C=O) groups is 1. The number of rotatable bonds is 4. The molecule has 0 N–H and O–H groups in total. The zero-order valence-corrected chi connectivity index (χ0v) is 14.4. The average Bonchev–Trinajstić information content (AvgIpc) is 2.59. The molecule has 1 aliphatic rings. The van der Waals surface area contributed by atoms with Crippen molar-refractivity contribution < 1.29 is 9.53 Å². The zero-order valence-electron chi connectivity index (χ0n) is 14.4. The summed E-state index contributed by atoms with van der Waals surface area (Å²) in [4.78, 5) is 14.0. The molecule has 2 aromatic carbocycles. The molecule has 3 rings (SSSR count). The van der Waals surface area contributed by atoms with Crippen molar-refractivity contribution in [2.45, 2.75) is 37.8 Å². The lowest BCUT2D eigenvalue weighted by atomic mass is 9.79. The predicted molar refractivity (Wildman–Crippen MR) is 95.9 cm³/mol. The highest BCUT2D eigenvalue weighted by atomic mass is 16.5. The van der Waals surface area contributed by atoms with E-state index in [1.807, 2.05) is 12.1 Å². The SMILES string of the molecule is CC(=O)OC1CCCN(C)C1C(c1ccccc1)c1ccccc1. The van der Waals surface area contributed by atoms with Crippen LogP contribution in [0.5, 0.6) is 0 Å². The smallest absolute Gasteiger partial charge is 0.302 e. The molecule has 2 atom stereocenters. The van der Waals surface area contributed by atoms with E-state index in [4.69, 9.17) is 4.74 Å². The number of piperidine rings is 1. The number of ether oxygens (including phenoxy) is 1. The highest BCUT2D eigenvalue weighted by Gasteiger charge is 2.38. The summed E-state index contributed by atoms with van der Waals surface area (Å²) >= 11 is 0. The molecule has 0 bridgehead atoms. The summed E-state index contributed by atoms with van der Waals surface area (Å²) in [5.41, 5.74) is 2.53. The van der Waals surface area contributed by atoms with Gasteiger partial charge in [-0.3, -0.25) is 9.69 Å². The first-order valence-electron chi connectivity index (χ1n) is 8.64. The van der Waals surface area contributed by atoms with E-state index in [-0.39, 0.29) is 24.0 Å². The molecule has 126 valence electrons. The van der Waals surface area contributed by atoms with E-state index in [0.29, 0.717) is 0 Å². The van der Waals surface area contributed by atoms with Crippen LogP contribution in [0.3, 0.4) is 0 Å². The summed E-state index contributed by atoms with van der Waals surface area (Å²) in [5, 5.41) is 0. The van der Waals surface area contributed by atoms with Crippen LogP contribution in [0.1, 0.15) is 36.8 Å². The summed E-state index contributed by atoms with van der Waals surface area (Å²) in [6.07, 6.45) is 1.90. The molecule has 1 saturated heterocycles. The van der Waals surface area contributed by atoms with Crippen molar-refractivity contribution in [2.24, 2.45) is 0 Å². The molecular weight excluding hydrogens is 298 g/mol. The van der Waals surface area contributed by atoms with Gasteiger partial charge >= 0.3 is 5.97 Å². The molecule has 3 heteroatoms. The molecule has 3 nitrogen and oxygen atoms in total. The Kier molecular flexibility index (Phi) is 5.31. The molecule has 0 aliphatic carbocycles. The van der Waals surface area contributed by atoms with E-state index < -0.39 is 0 Å². The number of esters is 1. The van der Waals surface area contributed by atoms with Gasteiger partial charge in [0.2, 0.25) is 0 Å². The molecular formula is C21H25NO2. The van der Waals surface area contributed by atoms with Crippen molar-refractivity contribution in [1.29, 1.82) is 0 Å². The minimum atomic E-state index is -0.194. The van der Waals surface area contributed by atoms with Crippen LogP contribution in [0.15, 0.2) is 60.7 Å². The first-order valence-corrected chi connectivity index (χ1v) is 8.64. The molecule has 0 aromatic heterocycles. The van der Waals surface area contributed by atoms with Gasteiger partial charge in [0, 0.05) is 12.8 Å². The fraction of sp³-hybridized carbons (Fsp3) is 0.381. The van der Waals surface area contributed by atoms with E-state index in [9.17, 15) is 4.79 Å². The molecule has 0 amide bonds. The summed E-state index contributed by atoms with van der Waals surface area (Å²) in [7, 11) is 2.14. The highest BCUT2D eigenvalue weighted by Crippen LogP contribution is 2.36. The molecule has 2 unspecified atom stereocenters. The summed E-state index contributed by atoms with van der Waals surface area (Å²) < 4.78 is 5.72. The highest BCUT2D eigenvalue weighted by molar-refractivity contribution is 5.66. The Hall–Kier alpha value is -2.13. The van der Waals surface area contributed by atoms with Crippen LogP contribution in [0.4, 0.5) is 0 Å². The Morgan fingerprint density at radius 2 is 1.58 bits per heavy atom. The molecule has 1 heterocycles. The lowest BCUT2D eigenvalue weighted by molar-refractivity contribution is -0.152. The van der Waals surface area contributed by atoms with E-state index in [1.165, 1.54) is 18.1 Å². The Morgan fingerprint density at radius 1 is 1.04 bits per heavy atom. The number of likely N-dealkylation sites (tertiary alicyclic amines) is 1. The van der Waals surface area contributed by atoms with Gasteiger partial charge in [-0.15, -0.1) is 0 Å². The second-order valence-electron chi connectivity index (χ2n) is 6.56. The van der Waals surface area contributed by atoms with Gasteiger partial charge in [-0.25, -0.2) is 0 Å². The maximum absolute atomic E-state index is 11.6. The van der Waals surface area contributed by atoms with Crippen LogP contribution >= 0.6 is 0 Å². The Balaban J connectivity index is 2.04. The van der Waals surface area contributed by atoms with Crippen LogP contribution in [0, 0.1) is 0 Å². The number of likely N-dealkylation sites (N-methyl/N-ethyl adjacent to an activating group) is 1. The van der Waals surface area contributed by atoms with Gasteiger partial charge in [-0.1, -0.05) is 60.7 Å². The van der Waals surface area contributed by atoms with Crippen LogP contribution in [0.25, 0.3) is 0 Å². The maximum Gasteiger partial charge on any atom is 0.302 e. The maximum atomic E-state index is 11.6. The number of hydrogen-bond donors (Lipinski definition) is 0. The zero-order chi connectivity index (χ0) is 16.9. The second-order valence-corrected chi connectivity index (χ2v) is 6.56. The Labute approximate surface area is 144 Å². The number of nitrogens with zero attached hydrogens (tertiary/aromatic N) is 1. The minimum absolute atomic E-state index is 0.0772. The van der Waals surface area contributed by atoms with Crippen molar-refractivity contribution in [3.63, 3.8) is 0 Å². The fourth-order valence-electron chi connectivity index (χ4n) is 3.86. The largest absolute Gasteiger partial charge is 0.461 e. The van der Waals surface area contributed by atoms with Gasteiger partial charge < -0.3 is 4.74 Å². The first-order chi connectivity index (χ1) is 11.7. The van der Waals surface area contributed by atoms with E-state index in [2.05, 4.69) is 60.5 Å².